The van der Waals surface area contributed by atoms with Gasteiger partial charge < -0.3 is 30.5 Å². The molecule has 2 amide bonds. The molecule has 3 aliphatic rings. The topological polar surface area (TPSA) is 138 Å². The highest BCUT2D eigenvalue weighted by molar-refractivity contribution is 6.52. The van der Waals surface area contributed by atoms with Gasteiger partial charge in [-0.05, 0) is 55.0 Å². The number of allylic oxidation sites excluding steroid dienone is 2. The van der Waals surface area contributed by atoms with Crippen LogP contribution >= 0.6 is 0 Å². The summed E-state index contributed by atoms with van der Waals surface area (Å²) in [6.45, 7) is 9.92. The molecule has 2 unspecified atom stereocenters. The number of amides is 2. The van der Waals surface area contributed by atoms with E-state index in [4.69, 9.17) is 14.5 Å². The molecule has 10 heteroatoms. The summed E-state index contributed by atoms with van der Waals surface area (Å²) >= 11 is 0. The zero-order chi connectivity index (χ0) is 56.4. The van der Waals surface area contributed by atoms with E-state index in [0.717, 1.165) is 64.0 Å². The van der Waals surface area contributed by atoms with Crippen molar-refractivity contribution < 1.29 is 29.0 Å². The van der Waals surface area contributed by atoms with Crippen LogP contribution in [0.4, 0.5) is 15.3 Å². The van der Waals surface area contributed by atoms with Gasteiger partial charge in [0.15, 0.2) is 0 Å². The number of nitrogens with one attached hydrogen (secondary N) is 3. The molecule has 4 aromatic rings. The number of alkyl carbamates (subject to hydrolysis) is 2. The van der Waals surface area contributed by atoms with Gasteiger partial charge in [-0.1, -0.05) is 267 Å². The average Bonchev–Trinajstić information content (AvgIpc) is 3.53. The number of Topliss-reactive ketones (excluding diaryl/α,β-unsaturated/α-hetero) is 1. The summed E-state index contributed by atoms with van der Waals surface area (Å²) < 4.78 is 11.7. The van der Waals surface area contributed by atoms with Crippen molar-refractivity contribution in [3.63, 3.8) is 0 Å². The Kier molecular flexibility index (Phi) is 25.6. The van der Waals surface area contributed by atoms with Crippen LogP contribution in [0.25, 0.3) is 32.7 Å². The predicted molar refractivity (Wildman–Crippen MR) is 332 cm³/mol. The molecule has 4 aromatic carbocycles. The maximum Gasteiger partial charge on any atom is 0.407 e. The lowest BCUT2D eigenvalue weighted by Gasteiger charge is -2.38. The Morgan fingerprint density at radius 1 is 0.525 bits per heavy atom. The van der Waals surface area contributed by atoms with E-state index >= 15 is 0 Å². The molecule has 2 heterocycles. The van der Waals surface area contributed by atoms with E-state index in [-0.39, 0.29) is 35.9 Å². The molecule has 0 saturated heterocycles. The molecule has 0 radical (unpaired) electrons. The van der Waals surface area contributed by atoms with Crippen LogP contribution in [0.5, 0.6) is 0 Å². The average molecular weight is 1100 g/mol. The fraction of sp³-hybridized carbons (Fsp3) is 0.629. The van der Waals surface area contributed by atoms with Gasteiger partial charge in [0, 0.05) is 41.1 Å². The lowest BCUT2D eigenvalue weighted by Crippen LogP contribution is -2.46. The molecule has 1 aliphatic carbocycles. The molecule has 4 N–H and O–H groups in total. The Balaban J connectivity index is 0.887. The first-order valence-electron chi connectivity index (χ1n) is 32.3. The highest BCUT2D eigenvalue weighted by Gasteiger charge is 2.41. The van der Waals surface area contributed by atoms with Gasteiger partial charge in [0.1, 0.15) is 19.0 Å². The second-order valence-electron chi connectivity index (χ2n) is 24.7. The number of aliphatic hydroxyl groups is 1. The van der Waals surface area contributed by atoms with Crippen LogP contribution < -0.4 is 26.5 Å². The third-order valence-electron chi connectivity index (χ3n) is 17.3. The van der Waals surface area contributed by atoms with Crippen molar-refractivity contribution in [2.45, 2.75) is 257 Å². The van der Waals surface area contributed by atoms with Gasteiger partial charge in [0.2, 0.25) is 5.78 Å². The van der Waals surface area contributed by atoms with E-state index in [1.807, 2.05) is 56.3 Å². The van der Waals surface area contributed by atoms with Crippen LogP contribution in [0, 0.1) is 0 Å². The summed E-state index contributed by atoms with van der Waals surface area (Å²) in [6, 6.07) is 20.1. The van der Waals surface area contributed by atoms with E-state index in [9.17, 15) is 19.5 Å². The summed E-state index contributed by atoms with van der Waals surface area (Å²) in [5, 5.41) is 26.8. The van der Waals surface area contributed by atoms with Crippen LogP contribution in [-0.2, 0) is 27.1 Å². The normalized spacial score (nSPS) is 18.0. The molecule has 2 atom stereocenters. The maximum absolute atomic E-state index is 14.7. The fourth-order valence-electron chi connectivity index (χ4n) is 12.7. The maximum atomic E-state index is 14.7. The van der Waals surface area contributed by atoms with E-state index in [1.54, 1.807) is 0 Å². The number of rotatable bonds is 39. The van der Waals surface area contributed by atoms with Gasteiger partial charge in [-0.3, -0.25) is 9.79 Å². The van der Waals surface area contributed by atoms with Crippen LogP contribution in [0.1, 0.15) is 250 Å². The van der Waals surface area contributed by atoms with Crippen molar-refractivity contribution in [2.75, 3.05) is 31.6 Å². The number of benzene rings is 4. The summed E-state index contributed by atoms with van der Waals surface area (Å²) in [5.41, 5.74) is 2.46. The molecule has 0 bridgehead atoms. The number of ether oxygens (including phenoxy) is 2. The Morgan fingerprint density at radius 3 is 1.43 bits per heavy atom. The van der Waals surface area contributed by atoms with Crippen molar-refractivity contribution in [3.05, 3.63) is 93.7 Å². The molecule has 10 nitrogen and oxygen atoms in total. The van der Waals surface area contributed by atoms with Gasteiger partial charge in [0.05, 0.1) is 33.3 Å². The smallest absolute Gasteiger partial charge is 0.407 e. The molecule has 0 aromatic heterocycles. The number of carbonyl (C=O) groups excluding carboxylic acids is 3. The lowest BCUT2D eigenvalue weighted by molar-refractivity contribution is -0.109. The molecule has 438 valence electrons. The number of aliphatic hydroxyl groups excluding tert-OH is 1. The Morgan fingerprint density at radius 2 is 0.950 bits per heavy atom. The Labute approximate surface area is 481 Å². The van der Waals surface area contributed by atoms with Crippen molar-refractivity contribution in [3.8, 4) is 0 Å². The second-order valence-corrected chi connectivity index (χ2v) is 24.7. The van der Waals surface area contributed by atoms with E-state index in [1.165, 1.54) is 180 Å². The molecule has 0 fully saturated rings. The van der Waals surface area contributed by atoms with Crippen molar-refractivity contribution >= 4 is 56.3 Å². The minimum Gasteiger partial charge on any atom is -0.506 e. The molecular formula is C70H102N4O6. The van der Waals surface area contributed by atoms with Crippen LogP contribution in [0.15, 0.2) is 71.4 Å². The first-order chi connectivity index (χ1) is 39.0. The molecular weight excluding hydrogens is 993 g/mol. The predicted octanol–water partition coefficient (Wildman–Crippen LogP) is 17.3. The lowest BCUT2D eigenvalue weighted by atomic mass is 9.77. The van der Waals surface area contributed by atoms with Gasteiger partial charge in [-0.25, -0.2) is 9.59 Å². The third kappa shape index (κ3) is 18.3. The van der Waals surface area contributed by atoms with Gasteiger partial charge in [-0.2, -0.15) is 0 Å². The summed E-state index contributed by atoms with van der Waals surface area (Å²) in [7, 11) is 0. The number of hydrogen-bond donors (Lipinski definition) is 4. The number of hydrogen-bond acceptors (Lipinski definition) is 8. The van der Waals surface area contributed by atoms with Gasteiger partial charge >= 0.3 is 12.2 Å². The van der Waals surface area contributed by atoms with Gasteiger partial charge in [0.25, 0.3) is 0 Å². The van der Waals surface area contributed by atoms with Crippen LogP contribution in [0.2, 0.25) is 0 Å². The summed E-state index contributed by atoms with van der Waals surface area (Å²) in [6.07, 6.45) is 42.0. The summed E-state index contributed by atoms with van der Waals surface area (Å²) in [5.74, 6) is -0.350. The Hall–Kier alpha value is -5.38. The monoisotopic (exact) mass is 1090 g/mol. The highest BCUT2D eigenvalue weighted by atomic mass is 16.6. The summed E-state index contributed by atoms with van der Waals surface area (Å²) in [4.78, 5) is 46.0. The Bertz CT molecular complexity index is 2780. The quantitative estimate of drug-likeness (QED) is 0.0327. The SMILES string of the molecule is CCCCCCCCCCCCCCCCCCNC(=O)OCC1(C)Cc2cccc3cc/c(=C4/C(=O)C(c5ccc6cccc7c6c5NC(C)(COC(=O)NCCCCCCCCCCCCCCCCCC)C7)=C4O)c(c23)=N1. The zero-order valence-electron chi connectivity index (χ0n) is 50.1. The van der Waals surface area contributed by atoms with Gasteiger partial charge in [-0.15, -0.1) is 0 Å². The number of nitrogens with zero attached hydrogens (tertiary/aromatic N) is 1. The molecule has 7 rings (SSSR count). The van der Waals surface area contributed by atoms with E-state index < -0.39 is 23.3 Å². The molecule has 0 saturated carbocycles. The largest absolute Gasteiger partial charge is 0.506 e. The zero-order valence-corrected chi connectivity index (χ0v) is 50.1. The van der Waals surface area contributed by atoms with E-state index in [0.29, 0.717) is 42.1 Å². The van der Waals surface area contributed by atoms with Crippen LogP contribution in [0.3, 0.4) is 0 Å². The number of carbonyl (C=O) groups is 3. The number of ketones is 1. The standard InChI is InChI=1S/C70H102N4O6/c1-5-7-9-11-13-15-17-19-21-23-25-27-29-31-33-35-47-71-67(77)79-51-69(3)49-55-41-37-39-53-43-45-57(63(73-69)59(53)55)61-65(75)62(66(61)76)58-46-44-54-40-38-42-56-50-70(4,74-64(58)60(54)56)52-80-68(78)72-48-36-34-32-30-28-26-24-22-20-18-16-14-12-10-8-6-2/h37-46,73,75H,5-36,47-52H2,1-4H3,(H,71,77)(H,72,78)/b62-58-. The molecule has 2 aliphatic heterocycles. The minimum absolute atomic E-state index is 0.0659. The third-order valence-corrected chi connectivity index (χ3v) is 17.3. The van der Waals surface area contributed by atoms with E-state index in [2.05, 4.69) is 48.0 Å². The fourth-order valence-corrected chi connectivity index (χ4v) is 12.7. The molecule has 80 heavy (non-hydrogen) atoms. The first kappa shape index (κ1) is 62.2. The molecule has 0 spiro atoms. The van der Waals surface area contributed by atoms with Crippen molar-refractivity contribution in [1.29, 1.82) is 0 Å². The second kappa shape index (κ2) is 32.9. The number of anilines is 1. The van der Waals surface area contributed by atoms with Crippen molar-refractivity contribution in [2.24, 2.45) is 4.99 Å². The minimum atomic E-state index is -0.795. The van der Waals surface area contributed by atoms with Crippen molar-refractivity contribution in [1.82, 2.24) is 10.6 Å². The first-order valence-corrected chi connectivity index (χ1v) is 32.3. The highest BCUT2D eigenvalue weighted by Crippen LogP contribution is 2.46. The number of unbranched alkanes of at least 4 members (excludes halogenated alkanes) is 30. The van der Waals surface area contributed by atoms with Crippen LogP contribution in [-0.4, -0.2) is 60.5 Å².